The highest BCUT2D eigenvalue weighted by Crippen LogP contribution is 2.29. The van der Waals surface area contributed by atoms with E-state index >= 15 is 0 Å². The number of fused-ring (bicyclic) bond motifs is 1. The van der Waals surface area contributed by atoms with E-state index in [4.69, 9.17) is 9.84 Å². The summed E-state index contributed by atoms with van der Waals surface area (Å²) in [4.78, 5) is 45.0. The number of para-hydroxylation sites is 1. The van der Waals surface area contributed by atoms with Gasteiger partial charge in [-0.3, -0.25) is 14.4 Å². The van der Waals surface area contributed by atoms with E-state index < -0.39 is 6.04 Å². The first-order valence-corrected chi connectivity index (χ1v) is 17.2. The van der Waals surface area contributed by atoms with Crippen LogP contribution in [0.5, 0.6) is 5.75 Å². The van der Waals surface area contributed by atoms with Crippen LogP contribution < -0.4 is 10.1 Å². The molecule has 0 saturated heterocycles. The van der Waals surface area contributed by atoms with E-state index in [0.717, 1.165) is 42.4 Å². The molecule has 2 N–H and O–H groups in total. The molecule has 0 radical (unpaired) electrons. The largest absolute Gasteiger partial charge is 0.496 e. The van der Waals surface area contributed by atoms with Crippen molar-refractivity contribution < 1.29 is 24.2 Å². The number of carbonyl (C=O) groups excluding carboxylic acids is 3. The molecular weight excluding hydrogens is 618 g/mol. The highest BCUT2D eigenvalue weighted by Gasteiger charge is 2.32. The van der Waals surface area contributed by atoms with Crippen LogP contribution in [0.4, 0.5) is 5.69 Å². The summed E-state index contributed by atoms with van der Waals surface area (Å²) in [7, 11) is 1.57. The van der Waals surface area contributed by atoms with E-state index in [1.807, 2.05) is 54.3 Å². The monoisotopic (exact) mass is 665 g/mol. The van der Waals surface area contributed by atoms with Crippen molar-refractivity contribution in [2.24, 2.45) is 0 Å². The maximum absolute atomic E-state index is 14.6. The van der Waals surface area contributed by atoms with Crippen LogP contribution in [0.3, 0.4) is 0 Å². The van der Waals surface area contributed by atoms with Gasteiger partial charge in [-0.05, 0) is 67.6 Å². The Morgan fingerprint density at radius 1 is 0.959 bits per heavy atom. The molecule has 49 heavy (non-hydrogen) atoms. The minimum atomic E-state index is -0.430. The van der Waals surface area contributed by atoms with Crippen LogP contribution in [0.2, 0.25) is 0 Å². The summed E-state index contributed by atoms with van der Waals surface area (Å²) in [5.41, 5.74) is 5.09. The molecule has 4 aromatic rings. The third kappa shape index (κ3) is 8.20. The van der Waals surface area contributed by atoms with Crippen molar-refractivity contribution >= 4 is 23.4 Å². The number of amides is 3. The Morgan fingerprint density at radius 3 is 2.35 bits per heavy atom. The first-order valence-electron chi connectivity index (χ1n) is 17.2. The lowest BCUT2D eigenvalue weighted by Crippen LogP contribution is -2.46. The van der Waals surface area contributed by atoms with Crippen molar-refractivity contribution in [2.45, 2.75) is 71.9 Å². The van der Waals surface area contributed by atoms with Crippen molar-refractivity contribution in [2.75, 3.05) is 32.1 Å². The summed E-state index contributed by atoms with van der Waals surface area (Å²) < 4.78 is 7.05. The highest BCUT2D eigenvalue weighted by molar-refractivity contribution is 6.01. The van der Waals surface area contributed by atoms with Crippen LogP contribution in [-0.2, 0) is 24.2 Å². The molecule has 0 saturated carbocycles. The molecule has 3 aromatic carbocycles. The van der Waals surface area contributed by atoms with E-state index in [1.165, 1.54) is 0 Å². The third-order valence-corrected chi connectivity index (χ3v) is 9.07. The van der Waals surface area contributed by atoms with Gasteiger partial charge in [0, 0.05) is 36.6 Å². The Morgan fingerprint density at radius 2 is 1.65 bits per heavy atom. The van der Waals surface area contributed by atoms with Crippen molar-refractivity contribution in [1.82, 2.24) is 19.6 Å². The van der Waals surface area contributed by atoms with Crippen molar-refractivity contribution in [3.63, 3.8) is 0 Å². The first-order chi connectivity index (χ1) is 23.8. The van der Waals surface area contributed by atoms with E-state index in [9.17, 15) is 19.5 Å². The molecule has 10 nitrogen and oxygen atoms in total. The lowest BCUT2D eigenvalue weighted by Gasteiger charge is -2.36. The SMILES string of the molecule is CCCCN(CCCC)C(=O)c1cc(C)n(-c2ccc(NC(=O)Cc3ccccc3OC)cc2C(=O)N2Cc3ccccc3C[C@H]2CO)n1. The number of carbonyl (C=O) groups is 3. The van der Waals surface area contributed by atoms with Gasteiger partial charge in [0.1, 0.15) is 5.75 Å². The van der Waals surface area contributed by atoms with Crippen LogP contribution in [0.1, 0.15) is 82.8 Å². The number of nitrogens with one attached hydrogen (secondary N) is 1. The number of benzene rings is 3. The number of ether oxygens (including phenoxy) is 1. The van der Waals surface area contributed by atoms with Gasteiger partial charge in [-0.25, -0.2) is 4.68 Å². The average Bonchev–Trinajstić information content (AvgIpc) is 3.51. The predicted octanol–water partition coefficient (Wildman–Crippen LogP) is 5.97. The lowest BCUT2D eigenvalue weighted by atomic mass is 9.93. The third-order valence-electron chi connectivity index (χ3n) is 9.07. The highest BCUT2D eigenvalue weighted by atomic mass is 16.5. The van der Waals surface area contributed by atoms with Crippen LogP contribution in [0.15, 0.2) is 72.8 Å². The molecular formula is C39H47N5O5. The second kappa shape index (κ2) is 16.4. The summed E-state index contributed by atoms with van der Waals surface area (Å²) in [5.74, 6) is -0.0885. The van der Waals surface area contributed by atoms with E-state index in [1.54, 1.807) is 47.0 Å². The van der Waals surface area contributed by atoms with Gasteiger partial charge in [-0.1, -0.05) is 69.2 Å². The summed E-state index contributed by atoms with van der Waals surface area (Å²) >= 11 is 0. The zero-order chi connectivity index (χ0) is 34.9. The zero-order valence-electron chi connectivity index (χ0n) is 28.9. The van der Waals surface area contributed by atoms with Gasteiger partial charge in [-0.2, -0.15) is 5.10 Å². The fourth-order valence-electron chi connectivity index (χ4n) is 6.34. The number of rotatable bonds is 14. The Balaban J connectivity index is 1.51. The van der Waals surface area contributed by atoms with Crippen molar-refractivity contribution in [3.8, 4) is 11.4 Å². The first kappa shape index (κ1) is 35.3. The quantitative estimate of drug-likeness (QED) is 0.171. The van der Waals surface area contributed by atoms with Crippen LogP contribution in [0.25, 0.3) is 5.69 Å². The fraction of sp³-hybridized carbons (Fsp3) is 0.385. The fourth-order valence-corrected chi connectivity index (χ4v) is 6.34. The molecule has 1 atom stereocenters. The minimum absolute atomic E-state index is 0.0842. The number of aromatic nitrogens is 2. The molecule has 1 aliphatic rings. The predicted molar refractivity (Wildman–Crippen MR) is 190 cm³/mol. The molecule has 10 heteroatoms. The van der Waals surface area contributed by atoms with Gasteiger partial charge in [-0.15, -0.1) is 0 Å². The van der Waals surface area contributed by atoms with Crippen LogP contribution in [-0.4, -0.2) is 75.3 Å². The molecule has 3 amide bonds. The molecule has 1 aromatic heterocycles. The molecule has 0 aliphatic carbocycles. The smallest absolute Gasteiger partial charge is 0.274 e. The summed E-state index contributed by atoms with van der Waals surface area (Å²) in [6.45, 7) is 7.52. The normalized spacial score (nSPS) is 13.9. The average molecular weight is 666 g/mol. The standard InChI is InChI=1S/C39H47N5O5/c1-5-7-19-42(20-8-6-2)39(48)34-21-27(3)44(41-34)35-18-17-31(40-37(46)23-29-14-11-12-16-36(29)49-4)24-33(35)38(47)43-25-30-15-10-9-13-28(30)22-32(43)26-45/h9-18,21,24,32,45H,5-8,19-20,22-23,25-26H2,1-4H3,(H,40,46)/t32-/m0/s1. The minimum Gasteiger partial charge on any atom is -0.496 e. The molecule has 0 spiro atoms. The molecule has 2 heterocycles. The molecule has 0 fully saturated rings. The summed E-state index contributed by atoms with van der Waals surface area (Å²) in [6.07, 6.45) is 4.37. The number of nitrogens with zero attached hydrogens (tertiary/aromatic N) is 4. The number of methoxy groups -OCH3 is 1. The Bertz CT molecular complexity index is 1780. The topological polar surface area (TPSA) is 117 Å². The Hall–Kier alpha value is -4.96. The molecule has 0 bridgehead atoms. The lowest BCUT2D eigenvalue weighted by molar-refractivity contribution is -0.115. The van der Waals surface area contributed by atoms with Crippen molar-refractivity contribution in [1.29, 1.82) is 0 Å². The number of hydrogen-bond donors (Lipinski definition) is 2. The van der Waals surface area contributed by atoms with Gasteiger partial charge in [0.05, 0.1) is 37.4 Å². The van der Waals surface area contributed by atoms with Gasteiger partial charge >= 0.3 is 0 Å². The van der Waals surface area contributed by atoms with Gasteiger partial charge in [0.25, 0.3) is 11.8 Å². The van der Waals surface area contributed by atoms with Gasteiger partial charge in [0.2, 0.25) is 5.91 Å². The van der Waals surface area contributed by atoms with E-state index in [2.05, 4.69) is 19.2 Å². The van der Waals surface area contributed by atoms with Crippen LogP contribution in [0, 0.1) is 6.92 Å². The van der Waals surface area contributed by atoms with Gasteiger partial charge in [0.15, 0.2) is 5.69 Å². The second-order valence-corrected chi connectivity index (χ2v) is 12.6. The number of hydrogen-bond acceptors (Lipinski definition) is 6. The Labute approximate surface area is 288 Å². The Kier molecular flexibility index (Phi) is 11.9. The number of anilines is 1. The number of aliphatic hydroxyl groups excluding tert-OH is 1. The van der Waals surface area contributed by atoms with Crippen molar-refractivity contribution in [3.05, 3.63) is 106 Å². The second-order valence-electron chi connectivity index (χ2n) is 12.6. The summed E-state index contributed by atoms with van der Waals surface area (Å²) in [5, 5.41) is 18.1. The number of aryl methyl sites for hydroxylation is 1. The molecule has 0 unspecified atom stereocenters. The summed E-state index contributed by atoms with van der Waals surface area (Å²) in [6, 6.07) is 21.7. The molecule has 5 rings (SSSR count). The molecule has 258 valence electrons. The maximum Gasteiger partial charge on any atom is 0.274 e. The van der Waals surface area contributed by atoms with Gasteiger partial charge < -0.3 is 25.0 Å². The van der Waals surface area contributed by atoms with E-state index in [-0.39, 0.29) is 30.7 Å². The number of aliphatic hydroxyl groups is 1. The maximum atomic E-state index is 14.6. The number of unbranched alkanes of at least 4 members (excludes halogenated alkanes) is 2. The zero-order valence-corrected chi connectivity index (χ0v) is 28.9. The van der Waals surface area contributed by atoms with Crippen LogP contribution >= 0.6 is 0 Å². The van der Waals surface area contributed by atoms with E-state index in [0.29, 0.717) is 60.1 Å². The molecule has 1 aliphatic heterocycles.